The van der Waals surface area contributed by atoms with E-state index in [4.69, 9.17) is 0 Å². The van der Waals surface area contributed by atoms with Crippen molar-refractivity contribution in [1.82, 2.24) is 15.6 Å². The number of carbonyl (C=O) groups is 1. The maximum absolute atomic E-state index is 11.8. The van der Waals surface area contributed by atoms with Gasteiger partial charge in [0.2, 0.25) is 5.91 Å². The van der Waals surface area contributed by atoms with Crippen LogP contribution in [0.25, 0.3) is 0 Å². The van der Waals surface area contributed by atoms with E-state index < -0.39 is 0 Å². The maximum atomic E-state index is 11.8. The predicted octanol–water partition coefficient (Wildman–Crippen LogP) is 1.85. The van der Waals surface area contributed by atoms with Gasteiger partial charge in [-0.05, 0) is 38.0 Å². The summed E-state index contributed by atoms with van der Waals surface area (Å²) in [5, 5.41) is 6.26. The summed E-state index contributed by atoms with van der Waals surface area (Å²) in [6.45, 7) is 11.3. The SMILES string of the molecule is Cc1cc(CNC(C)C)cnc1N(C)CC(=O)NC(C)C. The van der Waals surface area contributed by atoms with Crippen molar-refractivity contribution in [2.24, 2.45) is 0 Å². The van der Waals surface area contributed by atoms with Gasteiger partial charge in [-0.1, -0.05) is 13.8 Å². The third-order valence-corrected chi connectivity index (χ3v) is 3.01. The predicted molar refractivity (Wildman–Crippen MR) is 87.5 cm³/mol. The Morgan fingerprint density at radius 1 is 1.29 bits per heavy atom. The highest BCUT2D eigenvalue weighted by Gasteiger charge is 2.12. The van der Waals surface area contributed by atoms with Crippen molar-refractivity contribution < 1.29 is 4.79 Å². The van der Waals surface area contributed by atoms with E-state index in [1.165, 1.54) is 0 Å². The highest BCUT2D eigenvalue weighted by atomic mass is 16.2. The second kappa shape index (κ2) is 7.98. The van der Waals surface area contributed by atoms with Crippen molar-refractivity contribution in [3.63, 3.8) is 0 Å². The van der Waals surface area contributed by atoms with Crippen LogP contribution < -0.4 is 15.5 Å². The van der Waals surface area contributed by atoms with Crippen LogP contribution in [0, 0.1) is 6.92 Å². The second-order valence-corrected chi connectivity index (χ2v) is 6.10. The molecule has 0 aliphatic heterocycles. The smallest absolute Gasteiger partial charge is 0.239 e. The van der Waals surface area contributed by atoms with Crippen LogP contribution >= 0.6 is 0 Å². The number of nitrogens with zero attached hydrogens (tertiary/aromatic N) is 2. The monoisotopic (exact) mass is 292 g/mol. The third kappa shape index (κ3) is 6.12. The molecule has 5 nitrogen and oxygen atoms in total. The van der Waals surface area contributed by atoms with E-state index >= 15 is 0 Å². The highest BCUT2D eigenvalue weighted by molar-refractivity contribution is 5.81. The lowest BCUT2D eigenvalue weighted by molar-refractivity contribution is -0.120. The molecule has 1 aromatic rings. The summed E-state index contributed by atoms with van der Waals surface area (Å²) in [6, 6.07) is 2.73. The quantitative estimate of drug-likeness (QED) is 0.805. The molecule has 0 saturated carbocycles. The van der Waals surface area contributed by atoms with E-state index in [0.717, 1.165) is 23.5 Å². The minimum Gasteiger partial charge on any atom is -0.352 e. The van der Waals surface area contributed by atoms with Gasteiger partial charge in [0.1, 0.15) is 5.82 Å². The molecule has 21 heavy (non-hydrogen) atoms. The van der Waals surface area contributed by atoms with Gasteiger partial charge in [-0.2, -0.15) is 0 Å². The van der Waals surface area contributed by atoms with Gasteiger partial charge in [0.05, 0.1) is 6.54 Å². The number of aryl methyl sites for hydroxylation is 1. The molecule has 1 aromatic heterocycles. The van der Waals surface area contributed by atoms with Gasteiger partial charge < -0.3 is 15.5 Å². The van der Waals surface area contributed by atoms with Crippen LogP contribution in [0.4, 0.5) is 5.82 Å². The van der Waals surface area contributed by atoms with Crippen molar-refractivity contribution in [3.05, 3.63) is 23.4 Å². The third-order valence-electron chi connectivity index (χ3n) is 3.01. The van der Waals surface area contributed by atoms with Crippen LogP contribution in [-0.4, -0.2) is 36.6 Å². The zero-order valence-corrected chi connectivity index (χ0v) is 14.0. The number of amides is 1. The number of anilines is 1. The average Bonchev–Trinajstić information content (AvgIpc) is 2.34. The molecule has 0 fully saturated rings. The molecule has 0 aromatic carbocycles. The molecule has 118 valence electrons. The normalized spacial score (nSPS) is 11.0. The zero-order valence-electron chi connectivity index (χ0n) is 14.0. The second-order valence-electron chi connectivity index (χ2n) is 6.10. The van der Waals surface area contributed by atoms with E-state index in [1.54, 1.807) is 0 Å². The van der Waals surface area contributed by atoms with Crippen LogP contribution in [0.5, 0.6) is 0 Å². The molecule has 0 saturated heterocycles. The minimum atomic E-state index is 0.0132. The summed E-state index contributed by atoms with van der Waals surface area (Å²) >= 11 is 0. The van der Waals surface area contributed by atoms with E-state index in [0.29, 0.717) is 12.6 Å². The van der Waals surface area contributed by atoms with Gasteiger partial charge in [0.15, 0.2) is 0 Å². The molecular formula is C16H28N4O. The molecule has 0 aliphatic carbocycles. The lowest BCUT2D eigenvalue weighted by Gasteiger charge is -2.21. The molecule has 0 unspecified atom stereocenters. The number of nitrogens with one attached hydrogen (secondary N) is 2. The van der Waals surface area contributed by atoms with Crippen molar-refractivity contribution in [2.75, 3.05) is 18.5 Å². The van der Waals surface area contributed by atoms with Gasteiger partial charge >= 0.3 is 0 Å². The van der Waals surface area contributed by atoms with Gasteiger partial charge in [-0.3, -0.25) is 4.79 Å². The Morgan fingerprint density at radius 3 is 2.48 bits per heavy atom. The first kappa shape index (κ1) is 17.4. The van der Waals surface area contributed by atoms with Crippen molar-refractivity contribution >= 4 is 11.7 Å². The Bertz CT molecular complexity index is 471. The number of aromatic nitrogens is 1. The molecule has 1 rings (SSSR count). The standard InChI is InChI=1S/C16H28N4O/c1-11(2)17-8-14-7-13(5)16(18-9-14)20(6)10-15(21)19-12(3)4/h7,9,11-12,17H,8,10H2,1-6H3,(H,19,21). The van der Waals surface area contributed by atoms with Crippen LogP contribution in [0.15, 0.2) is 12.3 Å². The van der Waals surface area contributed by atoms with Gasteiger partial charge in [0, 0.05) is 31.9 Å². The number of pyridine rings is 1. The Morgan fingerprint density at radius 2 is 1.95 bits per heavy atom. The molecule has 5 heteroatoms. The Balaban J connectivity index is 2.68. The average molecular weight is 292 g/mol. The number of hydrogen-bond acceptors (Lipinski definition) is 4. The maximum Gasteiger partial charge on any atom is 0.239 e. The molecular weight excluding hydrogens is 264 g/mol. The van der Waals surface area contributed by atoms with Crippen LogP contribution in [0.3, 0.4) is 0 Å². The van der Waals surface area contributed by atoms with Crippen molar-refractivity contribution in [1.29, 1.82) is 0 Å². The fraction of sp³-hybridized carbons (Fsp3) is 0.625. The topological polar surface area (TPSA) is 57.3 Å². The van der Waals surface area contributed by atoms with Crippen molar-refractivity contribution in [2.45, 2.75) is 53.2 Å². The lowest BCUT2D eigenvalue weighted by Crippen LogP contribution is -2.39. The van der Waals surface area contributed by atoms with E-state index in [9.17, 15) is 4.79 Å². The molecule has 0 spiro atoms. The van der Waals surface area contributed by atoms with Gasteiger partial charge in [0.25, 0.3) is 0 Å². The fourth-order valence-electron chi connectivity index (χ4n) is 2.10. The summed E-state index contributed by atoms with van der Waals surface area (Å²) in [7, 11) is 1.89. The molecule has 2 N–H and O–H groups in total. The van der Waals surface area contributed by atoms with Crippen molar-refractivity contribution in [3.8, 4) is 0 Å². The molecule has 1 amide bonds. The van der Waals surface area contributed by atoms with Crippen LogP contribution in [-0.2, 0) is 11.3 Å². The van der Waals surface area contributed by atoms with Gasteiger partial charge in [-0.15, -0.1) is 0 Å². The van der Waals surface area contributed by atoms with Gasteiger partial charge in [-0.25, -0.2) is 4.98 Å². The lowest BCUT2D eigenvalue weighted by atomic mass is 10.2. The number of hydrogen-bond donors (Lipinski definition) is 2. The summed E-state index contributed by atoms with van der Waals surface area (Å²) in [4.78, 5) is 18.2. The fourth-order valence-corrected chi connectivity index (χ4v) is 2.10. The first-order valence-electron chi connectivity index (χ1n) is 7.49. The molecule has 0 bridgehead atoms. The molecule has 0 radical (unpaired) electrons. The largest absolute Gasteiger partial charge is 0.352 e. The van der Waals surface area contributed by atoms with Crippen LogP contribution in [0.1, 0.15) is 38.8 Å². The Hall–Kier alpha value is -1.62. The summed E-state index contributed by atoms with van der Waals surface area (Å²) in [5.41, 5.74) is 2.24. The highest BCUT2D eigenvalue weighted by Crippen LogP contribution is 2.16. The number of likely N-dealkylation sites (N-methyl/N-ethyl adjacent to an activating group) is 1. The first-order valence-corrected chi connectivity index (χ1v) is 7.49. The number of carbonyl (C=O) groups excluding carboxylic acids is 1. The zero-order chi connectivity index (χ0) is 16.0. The Labute approximate surface area is 128 Å². The molecule has 1 heterocycles. The van der Waals surface area contributed by atoms with E-state index in [-0.39, 0.29) is 11.9 Å². The summed E-state index contributed by atoms with van der Waals surface area (Å²) < 4.78 is 0. The first-order chi connectivity index (χ1) is 9.79. The molecule has 0 aliphatic rings. The minimum absolute atomic E-state index is 0.0132. The van der Waals surface area contributed by atoms with E-state index in [2.05, 4.69) is 35.5 Å². The number of rotatable bonds is 7. The van der Waals surface area contributed by atoms with E-state index in [1.807, 2.05) is 38.9 Å². The van der Waals surface area contributed by atoms with Crippen LogP contribution in [0.2, 0.25) is 0 Å². The molecule has 0 atom stereocenters. The summed E-state index contributed by atoms with van der Waals surface area (Å²) in [6.07, 6.45) is 1.87. The summed E-state index contributed by atoms with van der Waals surface area (Å²) in [5.74, 6) is 0.862. The Kier molecular flexibility index (Phi) is 6.62.